The third-order valence-corrected chi connectivity index (χ3v) is 4.55. The molecule has 1 saturated carbocycles. The van der Waals surface area contributed by atoms with Gasteiger partial charge in [0.1, 0.15) is 5.76 Å². The zero-order valence-corrected chi connectivity index (χ0v) is 13.1. The van der Waals surface area contributed by atoms with Crippen molar-refractivity contribution in [3.05, 3.63) is 52.7 Å². The van der Waals surface area contributed by atoms with Crippen LogP contribution in [-0.2, 0) is 11.3 Å². The summed E-state index contributed by atoms with van der Waals surface area (Å²) in [4.78, 5) is 6.75. The van der Waals surface area contributed by atoms with E-state index in [-0.39, 0.29) is 6.10 Å². The average Bonchev–Trinajstić information content (AvgIpc) is 3.29. The first-order valence-electron chi connectivity index (χ1n) is 7.82. The summed E-state index contributed by atoms with van der Waals surface area (Å²) in [5, 5.41) is 0.754. The Morgan fingerprint density at radius 3 is 2.82 bits per heavy atom. The van der Waals surface area contributed by atoms with Gasteiger partial charge in [0.2, 0.25) is 5.89 Å². The van der Waals surface area contributed by atoms with E-state index in [4.69, 9.17) is 20.8 Å². The number of hydrogen-bond acceptors (Lipinski definition) is 4. The number of hydrogen-bond donors (Lipinski definition) is 0. The van der Waals surface area contributed by atoms with E-state index in [0.29, 0.717) is 5.92 Å². The van der Waals surface area contributed by atoms with Gasteiger partial charge in [0.25, 0.3) is 0 Å². The van der Waals surface area contributed by atoms with E-state index in [2.05, 4.69) is 9.88 Å². The number of oxazole rings is 1. The number of aromatic nitrogens is 1. The molecule has 0 bridgehead atoms. The lowest BCUT2D eigenvalue weighted by molar-refractivity contribution is -0.0352. The average molecular weight is 319 g/mol. The Hall–Kier alpha value is -1.36. The highest BCUT2D eigenvalue weighted by Crippen LogP contribution is 2.40. The van der Waals surface area contributed by atoms with Gasteiger partial charge in [-0.05, 0) is 30.5 Å². The van der Waals surface area contributed by atoms with Crippen molar-refractivity contribution < 1.29 is 9.15 Å². The molecule has 116 valence electrons. The Kier molecular flexibility index (Phi) is 3.90. The van der Waals surface area contributed by atoms with Gasteiger partial charge in [0, 0.05) is 24.0 Å². The Labute approximate surface area is 135 Å². The molecule has 4 rings (SSSR count). The van der Waals surface area contributed by atoms with Gasteiger partial charge in [0.05, 0.1) is 25.5 Å². The molecule has 1 aromatic carbocycles. The fourth-order valence-electron chi connectivity index (χ4n) is 2.87. The predicted octanol–water partition coefficient (Wildman–Crippen LogP) is 3.78. The minimum atomic E-state index is 0.0869. The van der Waals surface area contributed by atoms with Crippen LogP contribution in [0.3, 0.4) is 0 Å². The van der Waals surface area contributed by atoms with Crippen LogP contribution in [0.25, 0.3) is 0 Å². The lowest BCUT2D eigenvalue weighted by Crippen LogP contribution is -2.37. The van der Waals surface area contributed by atoms with Crippen molar-refractivity contribution in [2.75, 3.05) is 19.7 Å². The van der Waals surface area contributed by atoms with Gasteiger partial charge in [-0.3, -0.25) is 4.90 Å². The van der Waals surface area contributed by atoms with Crippen LogP contribution in [0.4, 0.5) is 0 Å². The normalized spacial score (nSPS) is 22.9. The highest BCUT2D eigenvalue weighted by molar-refractivity contribution is 6.30. The van der Waals surface area contributed by atoms with Crippen LogP contribution in [0.1, 0.15) is 42.1 Å². The van der Waals surface area contributed by atoms with Crippen LogP contribution in [0.2, 0.25) is 5.02 Å². The summed E-state index contributed by atoms with van der Waals surface area (Å²) in [6, 6.07) is 7.89. The standard InChI is InChI=1S/C17H19ClN2O2/c18-14-5-3-13(4-6-14)16-10-20(7-8-21-16)11-17-19-9-15(22-17)12-1-2-12/h3-6,9,12,16H,1-2,7-8,10-11H2/t16-/m0/s1. The minimum absolute atomic E-state index is 0.0869. The number of benzene rings is 1. The van der Waals surface area contributed by atoms with Crippen LogP contribution >= 0.6 is 11.6 Å². The van der Waals surface area contributed by atoms with E-state index in [1.54, 1.807) is 0 Å². The number of nitrogens with zero attached hydrogens (tertiary/aromatic N) is 2. The molecule has 1 saturated heterocycles. The van der Waals surface area contributed by atoms with Crippen LogP contribution < -0.4 is 0 Å². The molecule has 1 atom stereocenters. The molecule has 1 aliphatic carbocycles. The topological polar surface area (TPSA) is 38.5 Å². The smallest absolute Gasteiger partial charge is 0.208 e. The monoisotopic (exact) mass is 318 g/mol. The van der Waals surface area contributed by atoms with Crippen molar-refractivity contribution >= 4 is 11.6 Å². The molecule has 0 spiro atoms. The van der Waals surface area contributed by atoms with Crippen molar-refractivity contribution in [3.8, 4) is 0 Å². The minimum Gasteiger partial charge on any atom is -0.444 e. The summed E-state index contributed by atoms with van der Waals surface area (Å²) < 4.78 is 11.7. The molecular weight excluding hydrogens is 300 g/mol. The molecule has 0 N–H and O–H groups in total. The second-order valence-corrected chi connectivity index (χ2v) is 6.51. The summed E-state index contributed by atoms with van der Waals surface area (Å²) in [5.74, 6) is 2.49. The van der Waals surface area contributed by atoms with Gasteiger partial charge in [-0.15, -0.1) is 0 Å². The van der Waals surface area contributed by atoms with E-state index in [1.807, 2.05) is 30.5 Å². The van der Waals surface area contributed by atoms with Crippen molar-refractivity contribution in [2.45, 2.75) is 31.4 Å². The number of rotatable bonds is 4. The van der Waals surface area contributed by atoms with Crippen molar-refractivity contribution in [2.24, 2.45) is 0 Å². The molecule has 1 aliphatic heterocycles. The lowest BCUT2D eigenvalue weighted by atomic mass is 10.1. The van der Waals surface area contributed by atoms with Gasteiger partial charge >= 0.3 is 0 Å². The molecule has 2 fully saturated rings. The van der Waals surface area contributed by atoms with Crippen molar-refractivity contribution in [1.29, 1.82) is 0 Å². The number of morpholine rings is 1. The second kappa shape index (κ2) is 6.03. The van der Waals surface area contributed by atoms with Crippen molar-refractivity contribution in [1.82, 2.24) is 9.88 Å². The maximum atomic E-state index is 5.95. The SMILES string of the molecule is Clc1ccc([C@@H]2CN(Cc3ncc(C4CC4)o3)CCO2)cc1. The fourth-order valence-corrected chi connectivity index (χ4v) is 3.00. The first-order chi connectivity index (χ1) is 10.8. The van der Waals surface area contributed by atoms with Crippen molar-refractivity contribution in [3.63, 3.8) is 0 Å². The molecule has 22 heavy (non-hydrogen) atoms. The first-order valence-corrected chi connectivity index (χ1v) is 8.20. The van der Waals surface area contributed by atoms with E-state index in [9.17, 15) is 0 Å². The zero-order valence-electron chi connectivity index (χ0n) is 12.4. The van der Waals surface area contributed by atoms with Gasteiger partial charge in [-0.2, -0.15) is 0 Å². The van der Waals surface area contributed by atoms with Gasteiger partial charge in [-0.1, -0.05) is 23.7 Å². The highest BCUT2D eigenvalue weighted by atomic mass is 35.5. The Bertz CT molecular complexity index is 636. The molecule has 2 aliphatic rings. The van der Waals surface area contributed by atoms with Crippen LogP contribution in [0, 0.1) is 0 Å². The summed E-state index contributed by atoms with van der Waals surface area (Å²) in [6.45, 7) is 3.23. The molecule has 5 heteroatoms. The Morgan fingerprint density at radius 1 is 1.23 bits per heavy atom. The summed E-state index contributed by atoms with van der Waals surface area (Å²) in [6.07, 6.45) is 4.46. The van der Waals surface area contributed by atoms with Crippen LogP contribution in [-0.4, -0.2) is 29.6 Å². The molecule has 0 amide bonds. The third kappa shape index (κ3) is 3.19. The van der Waals surface area contributed by atoms with Gasteiger partial charge in [0.15, 0.2) is 0 Å². The summed E-state index contributed by atoms with van der Waals surface area (Å²) in [5.41, 5.74) is 1.17. The first kappa shape index (κ1) is 14.2. The molecule has 0 unspecified atom stereocenters. The zero-order chi connectivity index (χ0) is 14.9. The lowest BCUT2D eigenvalue weighted by Gasteiger charge is -2.32. The molecule has 0 radical (unpaired) electrons. The van der Waals surface area contributed by atoms with E-state index in [0.717, 1.165) is 42.9 Å². The summed E-state index contributed by atoms with van der Waals surface area (Å²) in [7, 11) is 0. The van der Waals surface area contributed by atoms with Crippen LogP contribution in [0.15, 0.2) is 34.9 Å². The molecular formula is C17H19ClN2O2. The molecule has 2 aromatic rings. The Balaban J connectivity index is 1.40. The van der Waals surface area contributed by atoms with Gasteiger partial charge < -0.3 is 9.15 Å². The second-order valence-electron chi connectivity index (χ2n) is 6.08. The van der Waals surface area contributed by atoms with Crippen LogP contribution in [0.5, 0.6) is 0 Å². The predicted molar refractivity (Wildman–Crippen MR) is 83.9 cm³/mol. The van der Waals surface area contributed by atoms with E-state index in [1.165, 1.54) is 18.4 Å². The highest BCUT2D eigenvalue weighted by Gasteiger charge is 2.28. The van der Waals surface area contributed by atoms with E-state index < -0.39 is 0 Å². The third-order valence-electron chi connectivity index (χ3n) is 4.30. The quantitative estimate of drug-likeness (QED) is 0.860. The summed E-state index contributed by atoms with van der Waals surface area (Å²) >= 11 is 5.95. The van der Waals surface area contributed by atoms with E-state index >= 15 is 0 Å². The number of ether oxygens (including phenoxy) is 1. The molecule has 4 nitrogen and oxygen atoms in total. The largest absolute Gasteiger partial charge is 0.444 e. The maximum absolute atomic E-state index is 5.95. The fraction of sp³-hybridized carbons (Fsp3) is 0.471. The van der Waals surface area contributed by atoms with Gasteiger partial charge in [-0.25, -0.2) is 4.98 Å². The maximum Gasteiger partial charge on any atom is 0.208 e. The molecule has 2 heterocycles. The Morgan fingerprint density at radius 2 is 2.05 bits per heavy atom. The number of halogens is 1. The molecule has 1 aromatic heterocycles.